The van der Waals surface area contributed by atoms with E-state index in [0.717, 1.165) is 38.9 Å². The molecule has 0 saturated carbocycles. The van der Waals surface area contributed by atoms with E-state index in [9.17, 15) is 4.79 Å². The van der Waals surface area contributed by atoms with E-state index < -0.39 is 0 Å². The SMILES string of the molecule is C=C/C=C(\C=C/C)CN1CCC(NC=O)CC1. The Labute approximate surface area is 104 Å². The molecule has 0 aromatic heterocycles. The van der Waals surface area contributed by atoms with E-state index in [2.05, 4.69) is 35.0 Å². The third-order valence-electron chi connectivity index (χ3n) is 3.01. The minimum Gasteiger partial charge on any atom is -0.356 e. The summed E-state index contributed by atoms with van der Waals surface area (Å²) in [6.07, 6.45) is 10.9. The maximum atomic E-state index is 10.3. The summed E-state index contributed by atoms with van der Waals surface area (Å²) in [6, 6.07) is 0.359. The first-order valence-electron chi connectivity index (χ1n) is 6.16. The Morgan fingerprint density at radius 1 is 1.47 bits per heavy atom. The number of allylic oxidation sites excluding steroid dienone is 3. The zero-order valence-corrected chi connectivity index (χ0v) is 10.6. The molecule has 0 spiro atoms. The highest BCUT2D eigenvalue weighted by atomic mass is 16.1. The number of hydrogen-bond acceptors (Lipinski definition) is 2. The van der Waals surface area contributed by atoms with Gasteiger partial charge in [0.1, 0.15) is 0 Å². The maximum absolute atomic E-state index is 10.3. The summed E-state index contributed by atoms with van der Waals surface area (Å²) in [5.41, 5.74) is 1.28. The van der Waals surface area contributed by atoms with Gasteiger partial charge in [0.2, 0.25) is 6.41 Å². The molecule has 1 rings (SSSR count). The van der Waals surface area contributed by atoms with Crippen molar-refractivity contribution in [3.8, 4) is 0 Å². The van der Waals surface area contributed by atoms with E-state index in [1.54, 1.807) is 0 Å². The standard InChI is InChI=1S/C14H22N2O/c1-3-5-13(6-4-2)11-16-9-7-14(8-10-16)15-12-17/h3-6,12,14H,1,7-11H2,2H3,(H,15,17)/b6-4-,13-5+. The van der Waals surface area contributed by atoms with Crippen LogP contribution in [0.3, 0.4) is 0 Å². The number of carbonyl (C=O) groups is 1. The molecule has 0 unspecified atom stereocenters. The fourth-order valence-electron chi connectivity index (χ4n) is 2.14. The molecule has 17 heavy (non-hydrogen) atoms. The molecule has 94 valence electrons. The Balaban J connectivity index is 2.40. The van der Waals surface area contributed by atoms with Crippen molar-refractivity contribution in [2.45, 2.75) is 25.8 Å². The maximum Gasteiger partial charge on any atom is 0.207 e. The van der Waals surface area contributed by atoms with Gasteiger partial charge in [0.25, 0.3) is 0 Å². The van der Waals surface area contributed by atoms with Crippen molar-refractivity contribution in [1.29, 1.82) is 0 Å². The number of nitrogens with one attached hydrogen (secondary N) is 1. The highest BCUT2D eigenvalue weighted by molar-refractivity contribution is 5.46. The first kappa shape index (κ1) is 13.7. The van der Waals surface area contributed by atoms with Crippen LogP contribution in [-0.4, -0.2) is 37.0 Å². The molecule has 1 amide bonds. The van der Waals surface area contributed by atoms with Gasteiger partial charge in [-0.05, 0) is 25.3 Å². The fourth-order valence-corrected chi connectivity index (χ4v) is 2.14. The molecule has 1 heterocycles. The minimum atomic E-state index is 0.359. The minimum absolute atomic E-state index is 0.359. The van der Waals surface area contributed by atoms with Crippen LogP contribution in [-0.2, 0) is 4.79 Å². The molecule has 3 nitrogen and oxygen atoms in total. The summed E-state index contributed by atoms with van der Waals surface area (Å²) in [5.74, 6) is 0. The second kappa shape index (κ2) is 7.85. The summed E-state index contributed by atoms with van der Waals surface area (Å²) < 4.78 is 0. The molecule has 0 aromatic rings. The number of amides is 1. The van der Waals surface area contributed by atoms with Crippen molar-refractivity contribution in [3.63, 3.8) is 0 Å². The number of likely N-dealkylation sites (tertiary alicyclic amines) is 1. The number of nitrogens with zero attached hydrogens (tertiary/aromatic N) is 1. The Hall–Kier alpha value is -1.35. The largest absolute Gasteiger partial charge is 0.356 e. The van der Waals surface area contributed by atoms with Gasteiger partial charge in [-0.25, -0.2) is 0 Å². The first-order chi connectivity index (χ1) is 8.30. The Morgan fingerprint density at radius 2 is 2.18 bits per heavy atom. The number of carbonyl (C=O) groups excluding carboxylic acids is 1. The zero-order chi connectivity index (χ0) is 12.5. The lowest BCUT2D eigenvalue weighted by Crippen LogP contribution is -2.42. The van der Waals surface area contributed by atoms with Gasteiger partial charge in [-0.15, -0.1) is 0 Å². The molecule has 1 fully saturated rings. The van der Waals surface area contributed by atoms with Crippen LogP contribution in [0.5, 0.6) is 0 Å². The van der Waals surface area contributed by atoms with Crippen LogP contribution in [0.25, 0.3) is 0 Å². The third-order valence-corrected chi connectivity index (χ3v) is 3.01. The van der Waals surface area contributed by atoms with Gasteiger partial charge in [0.15, 0.2) is 0 Å². The Bertz CT molecular complexity index is 299. The number of rotatable bonds is 6. The van der Waals surface area contributed by atoms with Crippen LogP contribution in [0, 0.1) is 0 Å². The average molecular weight is 234 g/mol. The zero-order valence-electron chi connectivity index (χ0n) is 10.6. The highest BCUT2D eigenvalue weighted by Crippen LogP contribution is 2.12. The van der Waals surface area contributed by atoms with E-state index >= 15 is 0 Å². The van der Waals surface area contributed by atoms with Gasteiger partial charge in [-0.3, -0.25) is 9.69 Å². The summed E-state index contributed by atoms with van der Waals surface area (Å²) >= 11 is 0. The van der Waals surface area contributed by atoms with Gasteiger partial charge < -0.3 is 5.32 Å². The van der Waals surface area contributed by atoms with Gasteiger partial charge >= 0.3 is 0 Å². The van der Waals surface area contributed by atoms with E-state index in [-0.39, 0.29) is 0 Å². The monoisotopic (exact) mass is 234 g/mol. The molecular weight excluding hydrogens is 212 g/mol. The number of hydrogen-bond donors (Lipinski definition) is 1. The van der Waals surface area contributed by atoms with Gasteiger partial charge in [-0.1, -0.05) is 30.9 Å². The highest BCUT2D eigenvalue weighted by Gasteiger charge is 2.18. The molecule has 0 bridgehead atoms. The summed E-state index contributed by atoms with van der Waals surface area (Å²) in [5, 5.41) is 2.86. The predicted molar refractivity (Wildman–Crippen MR) is 71.8 cm³/mol. The van der Waals surface area contributed by atoms with Crippen LogP contribution in [0.1, 0.15) is 19.8 Å². The van der Waals surface area contributed by atoms with Crippen LogP contribution in [0.15, 0.2) is 36.5 Å². The van der Waals surface area contributed by atoms with Gasteiger partial charge in [0, 0.05) is 25.7 Å². The molecule has 0 atom stereocenters. The molecule has 1 N–H and O–H groups in total. The van der Waals surface area contributed by atoms with E-state index in [0.29, 0.717) is 6.04 Å². The van der Waals surface area contributed by atoms with Crippen molar-refractivity contribution in [3.05, 3.63) is 36.5 Å². The topological polar surface area (TPSA) is 32.3 Å². The van der Waals surface area contributed by atoms with Crippen molar-refractivity contribution >= 4 is 6.41 Å². The molecule has 1 aliphatic rings. The summed E-state index contributed by atoms with van der Waals surface area (Å²) in [6.45, 7) is 8.80. The van der Waals surface area contributed by atoms with Gasteiger partial charge in [0.05, 0.1) is 0 Å². The Kier molecular flexibility index (Phi) is 6.33. The molecule has 0 radical (unpaired) electrons. The van der Waals surface area contributed by atoms with Crippen LogP contribution < -0.4 is 5.32 Å². The Morgan fingerprint density at radius 3 is 2.71 bits per heavy atom. The second-order valence-corrected chi connectivity index (χ2v) is 4.31. The van der Waals surface area contributed by atoms with E-state index in [1.807, 2.05) is 13.0 Å². The first-order valence-corrected chi connectivity index (χ1v) is 6.16. The second-order valence-electron chi connectivity index (χ2n) is 4.31. The van der Waals surface area contributed by atoms with Crippen LogP contribution in [0.2, 0.25) is 0 Å². The van der Waals surface area contributed by atoms with E-state index in [1.165, 1.54) is 5.57 Å². The molecular formula is C14H22N2O. The molecule has 0 aliphatic carbocycles. The van der Waals surface area contributed by atoms with Gasteiger partial charge in [-0.2, -0.15) is 0 Å². The molecule has 0 aromatic carbocycles. The fraction of sp³-hybridized carbons (Fsp3) is 0.500. The number of piperidine rings is 1. The predicted octanol–water partition coefficient (Wildman–Crippen LogP) is 1.89. The summed E-state index contributed by atoms with van der Waals surface area (Å²) in [4.78, 5) is 12.8. The molecule has 3 heteroatoms. The molecule has 1 aliphatic heterocycles. The van der Waals surface area contributed by atoms with Crippen molar-refractivity contribution in [2.75, 3.05) is 19.6 Å². The van der Waals surface area contributed by atoms with Crippen molar-refractivity contribution < 1.29 is 4.79 Å². The van der Waals surface area contributed by atoms with Crippen molar-refractivity contribution in [1.82, 2.24) is 10.2 Å². The van der Waals surface area contributed by atoms with E-state index in [4.69, 9.17) is 0 Å². The van der Waals surface area contributed by atoms with Crippen LogP contribution >= 0.6 is 0 Å². The summed E-state index contributed by atoms with van der Waals surface area (Å²) in [7, 11) is 0. The normalized spacial score (nSPS) is 19.5. The smallest absolute Gasteiger partial charge is 0.207 e. The lowest BCUT2D eigenvalue weighted by atomic mass is 10.0. The average Bonchev–Trinajstić information content (AvgIpc) is 2.33. The lowest BCUT2D eigenvalue weighted by molar-refractivity contribution is -0.110. The quantitative estimate of drug-likeness (QED) is 0.562. The van der Waals surface area contributed by atoms with Crippen LogP contribution in [0.4, 0.5) is 0 Å². The molecule has 1 saturated heterocycles. The lowest BCUT2D eigenvalue weighted by Gasteiger charge is -2.31. The van der Waals surface area contributed by atoms with Crippen molar-refractivity contribution in [2.24, 2.45) is 0 Å². The third kappa shape index (κ3) is 5.00.